The summed E-state index contributed by atoms with van der Waals surface area (Å²) >= 11 is 0. The zero-order chi connectivity index (χ0) is 16.2. The Morgan fingerprint density at radius 3 is 2.83 bits per heavy atom. The molecule has 3 aromatic rings. The lowest BCUT2D eigenvalue weighted by atomic mass is 10.2. The highest BCUT2D eigenvalue weighted by Gasteiger charge is 2.13. The second-order valence-electron chi connectivity index (χ2n) is 4.83. The number of nitrogens with one attached hydrogen (secondary N) is 2. The number of hydrogen-bond acceptors (Lipinski definition) is 5. The maximum Gasteiger partial charge on any atom is 0.259 e. The number of aryl methyl sites for hydroxylation is 1. The van der Waals surface area contributed by atoms with Gasteiger partial charge < -0.3 is 10.3 Å². The maximum absolute atomic E-state index is 12.3. The molecule has 3 heterocycles. The van der Waals surface area contributed by atoms with Gasteiger partial charge >= 0.3 is 0 Å². The van der Waals surface area contributed by atoms with Gasteiger partial charge in [-0.25, -0.2) is 9.97 Å². The van der Waals surface area contributed by atoms with Gasteiger partial charge in [0.1, 0.15) is 0 Å². The van der Waals surface area contributed by atoms with Crippen molar-refractivity contribution < 1.29 is 4.79 Å². The van der Waals surface area contributed by atoms with Gasteiger partial charge in [0, 0.05) is 42.1 Å². The maximum atomic E-state index is 12.3. The van der Waals surface area contributed by atoms with Gasteiger partial charge in [-0.15, -0.1) is 0 Å². The van der Waals surface area contributed by atoms with Crippen molar-refractivity contribution in [2.75, 3.05) is 5.32 Å². The standard InChI is InChI=1S/C16H13N5O2/c1-10-13(16(23)21-12-4-6-18-14(22)7-12)9-19-15(20-10)11-3-2-5-17-8-11/h2-9H,1H3,(H2,18,21,22,23). The van der Waals surface area contributed by atoms with Crippen LogP contribution in [0.5, 0.6) is 0 Å². The van der Waals surface area contributed by atoms with Gasteiger partial charge in [0.2, 0.25) is 5.56 Å². The van der Waals surface area contributed by atoms with Crippen molar-refractivity contribution in [2.45, 2.75) is 6.92 Å². The fraction of sp³-hybridized carbons (Fsp3) is 0.0625. The fourth-order valence-corrected chi connectivity index (χ4v) is 2.04. The van der Waals surface area contributed by atoms with Crippen LogP contribution in [0.4, 0.5) is 5.69 Å². The molecule has 7 nitrogen and oxygen atoms in total. The Labute approximate surface area is 131 Å². The molecule has 0 bridgehead atoms. The van der Waals surface area contributed by atoms with Crippen LogP contribution in [-0.2, 0) is 0 Å². The molecule has 0 aromatic carbocycles. The lowest BCUT2D eigenvalue weighted by Crippen LogP contribution is -2.16. The molecule has 3 aromatic heterocycles. The summed E-state index contributed by atoms with van der Waals surface area (Å²) < 4.78 is 0. The van der Waals surface area contributed by atoms with Crippen molar-refractivity contribution in [1.29, 1.82) is 0 Å². The molecule has 0 unspecified atom stereocenters. The Kier molecular flexibility index (Phi) is 3.92. The number of H-pyrrole nitrogens is 1. The minimum Gasteiger partial charge on any atom is -0.329 e. The molecule has 0 radical (unpaired) electrons. The average Bonchev–Trinajstić information content (AvgIpc) is 2.55. The SMILES string of the molecule is Cc1nc(-c2cccnc2)ncc1C(=O)Nc1cc[nH]c(=O)c1. The molecule has 0 aliphatic rings. The predicted molar refractivity (Wildman–Crippen MR) is 85.0 cm³/mol. The lowest BCUT2D eigenvalue weighted by molar-refractivity contribution is 0.102. The largest absolute Gasteiger partial charge is 0.329 e. The molecule has 0 atom stereocenters. The first kappa shape index (κ1) is 14.6. The molecule has 0 saturated heterocycles. The van der Waals surface area contributed by atoms with E-state index in [0.29, 0.717) is 22.8 Å². The van der Waals surface area contributed by atoms with E-state index in [9.17, 15) is 9.59 Å². The number of carbonyl (C=O) groups is 1. The third-order valence-corrected chi connectivity index (χ3v) is 3.18. The first-order chi connectivity index (χ1) is 11.1. The number of amides is 1. The van der Waals surface area contributed by atoms with Crippen molar-refractivity contribution in [1.82, 2.24) is 19.9 Å². The third kappa shape index (κ3) is 3.29. The number of aromatic amines is 1. The molecule has 1 amide bonds. The van der Waals surface area contributed by atoms with Crippen LogP contribution >= 0.6 is 0 Å². The Bertz CT molecular complexity index is 906. The van der Waals surface area contributed by atoms with Crippen molar-refractivity contribution in [2.24, 2.45) is 0 Å². The Morgan fingerprint density at radius 2 is 2.13 bits per heavy atom. The van der Waals surface area contributed by atoms with E-state index < -0.39 is 0 Å². The van der Waals surface area contributed by atoms with Crippen LogP contribution in [0.1, 0.15) is 16.1 Å². The van der Waals surface area contributed by atoms with Crippen LogP contribution < -0.4 is 10.9 Å². The van der Waals surface area contributed by atoms with Gasteiger partial charge in [-0.3, -0.25) is 14.6 Å². The number of rotatable bonds is 3. The van der Waals surface area contributed by atoms with E-state index in [1.807, 2.05) is 6.07 Å². The summed E-state index contributed by atoms with van der Waals surface area (Å²) in [6.07, 6.45) is 6.25. The van der Waals surface area contributed by atoms with Crippen LogP contribution in [0, 0.1) is 6.92 Å². The van der Waals surface area contributed by atoms with Gasteiger partial charge in [-0.1, -0.05) is 0 Å². The highest BCUT2D eigenvalue weighted by Crippen LogP contribution is 2.15. The van der Waals surface area contributed by atoms with E-state index in [4.69, 9.17) is 0 Å². The summed E-state index contributed by atoms with van der Waals surface area (Å²) in [6, 6.07) is 6.54. The smallest absolute Gasteiger partial charge is 0.259 e. The second kappa shape index (κ2) is 6.18. The Hall–Kier alpha value is -3.35. The minimum atomic E-state index is -0.370. The summed E-state index contributed by atoms with van der Waals surface area (Å²) in [5, 5.41) is 2.65. The molecule has 0 saturated carbocycles. The van der Waals surface area contributed by atoms with Crippen molar-refractivity contribution >= 4 is 11.6 Å². The Balaban J connectivity index is 1.86. The Morgan fingerprint density at radius 1 is 1.26 bits per heavy atom. The van der Waals surface area contributed by atoms with E-state index in [1.54, 1.807) is 31.5 Å². The number of hydrogen-bond donors (Lipinski definition) is 2. The van der Waals surface area contributed by atoms with Gasteiger partial charge in [-0.05, 0) is 25.1 Å². The summed E-state index contributed by atoms with van der Waals surface area (Å²) in [7, 11) is 0. The van der Waals surface area contributed by atoms with Crippen LogP contribution in [0.25, 0.3) is 11.4 Å². The third-order valence-electron chi connectivity index (χ3n) is 3.18. The minimum absolute atomic E-state index is 0.289. The summed E-state index contributed by atoms with van der Waals surface area (Å²) in [5.74, 6) is 0.133. The molecule has 114 valence electrons. The zero-order valence-corrected chi connectivity index (χ0v) is 12.3. The van der Waals surface area contributed by atoms with Gasteiger partial charge in [0.25, 0.3) is 5.91 Å². The molecule has 0 aliphatic carbocycles. The first-order valence-electron chi connectivity index (χ1n) is 6.87. The first-order valence-corrected chi connectivity index (χ1v) is 6.87. The summed E-state index contributed by atoms with van der Waals surface area (Å²) in [5.41, 5.74) is 1.79. The molecule has 0 fully saturated rings. The van der Waals surface area contributed by atoms with Crippen LogP contribution in [-0.4, -0.2) is 25.8 Å². The average molecular weight is 307 g/mol. The number of pyridine rings is 2. The normalized spacial score (nSPS) is 10.3. The second-order valence-corrected chi connectivity index (χ2v) is 4.83. The van der Waals surface area contributed by atoms with Crippen molar-refractivity contribution in [3.8, 4) is 11.4 Å². The highest BCUT2D eigenvalue weighted by atomic mass is 16.1. The van der Waals surface area contributed by atoms with E-state index in [1.165, 1.54) is 18.5 Å². The van der Waals surface area contributed by atoms with Gasteiger partial charge in [0.15, 0.2) is 5.82 Å². The van der Waals surface area contributed by atoms with E-state index >= 15 is 0 Å². The predicted octanol–water partition coefficient (Wildman–Crippen LogP) is 1.79. The molecule has 3 rings (SSSR count). The van der Waals surface area contributed by atoms with Crippen molar-refractivity contribution in [3.05, 3.63) is 70.7 Å². The van der Waals surface area contributed by atoms with E-state index in [-0.39, 0.29) is 11.5 Å². The zero-order valence-electron chi connectivity index (χ0n) is 12.3. The fourth-order valence-electron chi connectivity index (χ4n) is 2.04. The number of aromatic nitrogens is 4. The molecule has 0 aliphatic heterocycles. The van der Waals surface area contributed by atoms with Gasteiger partial charge in [-0.2, -0.15) is 0 Å². The van der Waals surface area contributed by atoms with Gasteiger partial charge in [0.05, 0.1) is 11.3 Å². The molecular formula is C16H13N5O2. The molecule has 23 heavy (non-hydrogen) atoms. The van der Waals surface area contributed by atoms with Crippen molar-refractivity contribution in [3.63, 3.8) is 0 Å². The van der Waals surface area contributed by atoms with Crippen LogP contribution in [0.3, 0.4) is 0 Å². The molecule has 7 heteroatoms. The van der Waals surface area contributed by atoms with E-state index in [0.717, 1.165) is 5.56 Å². The highest BCUT2D eigenvalue weighted by molar-refractivity contribution is 6.04. The number of anilines is 1. The summed E-state index contributed by atoms with van der Waals surface area (Å²) in [6.45, 7) is 1.73. The number of carbonyl (C=O) groups excluding carboxylic acids is 1. The van der Waals surface area contributed by atoms with Crippen LogP contribution in [0.15, 0.2) is 53.8 Å². The molecule has 0 spiro atoms. The summed E-state index contributed by atoms with van der Waals surface area (Å²) in [4.78, 5) is 38.6. The quantitative estimate of drug-likeness (QED) is 0.768. The molecule has 2 N–H and O–H groups in total. The molecular weight excluding hydrogens is 294 g/mol. The van der Waals surface area contributed by atoms with Crippen LogP contribution in [0.2, 0.25) is 0 Å². The van der Waals surface area contributed by atoms with E-state index in [2.05, 4.69) is 25.3 Å². The topological polar surface area (TPSA) is 101 Å². The monoisotopic (exact) mass is 307 g/mol. The number of nitrogens with zero attached hydrogens (tertiary/aromatic N) is 3. The lowest BCUT2D eigenvalue weighted by Gasteiger charge is -2.08.